The van der Waals surface area contributed by atoms with Crippen LogP contribution in [0.15, 0.2) is 71.6 Å². The van der Waals surface area contributed by atoms with Crippen molar-refractivity contribution in [1.29, 1.82) is 5.26 Å². The van der Waals surface area contributed by atoms with Crippen LogP contribution in [0.1, 0.15) is 45.8 Å². The molecule has 1 aliphatic carbocycles. The van der Waals surface area contributed by atoms with Crippen molar-refractivity contribution in [2.24, 2.45) is 0 Å². The number of rotatable bonds is 6. The van der Waals surface area contributed by atoms with E-state index in [0.29, 0.717) is 16.7 Å². The molecule has 0 aromatic heterocycles. The van der Waals surface area contributed by atoms with Gasteiger partial charge >= 0.3 is 5.97 Å². The van der Waals surface area contributed by atoms with Gasteiger partial charge in [0.05, 0.1) is 27.8 Å². The number of sulfone groups is 1. The number of benzene rings is 3. The van der Waals surface area contributed by atoms with Crippen molar-refractivity contribution in [3.63, 3.8) is 0 Å². The molecular weight excluding hydrogens is 398 g/mol. The van der Waals surface area contributed by atoms with Crippen LogP contribution in [0.25, 0.3) is 11.1 Å². The lowest BCUT2D eigenvalue weighted by molar-refractivity contribution is 0.0696. The molecule has 1 N–H and O–H groups in total. The molecule has 0 amide bonds. The first-order valence-corrected chi connectivity index (χ1v) is 11.2. The van der Waals surface area contributed by atoms with Gasteiger partial charge in [-0.15, -0.1) is 0 Å². The Hall–Kier alpha value is -3.43. The molecule has 1 saturated carbocycles. The van der Waals surface area contributed by atoms with Crippen molar-refractivity contribution >= 4 is 15.8 Å². The minimum Gasteiger partial charge on any atom is -0.478 e. The Morgan fingerprint density at radius 2 is 1.77 bits per heavy atom. The highest BCUT2D eigenvalue weighted by Gasteiger charge is 2.31. The Balaban J connectivity index is 1.82. The Morgan fingerprint density at radius 1 is 1.03 bits per heavy atom. The predicted octanol–water partition coefficient (Wildman–Crippen LogP) is 4.77. The Morgan fingerprint density at radius 3 is 2.40 bits per heavy atom. The van der Waals surface area contributed by atoms with Gasteiger partial charge in [-0.2, -0.15) is 5.26 Å². The monoisotopic (exact) mass is 417 g/mol. The van der Waals surface area contributed by atoms with Crippen LogP contribution in [0.5, 0.6) is 0 Å². The van der Waals surface area contributed by atoms with Crippen molar-refractivity contribution < 1.29 is 18.3 Å². The number of nitriles is 1. The third-order valence-corrected chi connectivity index (χ3v) is 6.99. The predicted molar refractivity (Wildman–Crippen MR) is 113 cm³/mol. The topological polar surface area (TPSA) is 95.2 Å². The largest absolute Gasteiger partial charge is 0.478 e. The number of carboxylic acids is 1. The molecule has 150 valence electrons. The van der Waals surface area contributed by atoms with E-state index in [-0.39, 0.29) is 22.1 Å². The molecule has 1 aliphatic rings. The maximum Gasteiger partial charge on any atom is 0.335 e. The SMILES string of the molecule is N#Cc1ccc(-c2ccccc2)c(CS(=O)(=O)c2cc(C(=O)O)ccc2C2CC2)c1. The molecule has 5 nitrogen and oxygen atoms in total. The highest BCUT2D eigenvalue weighted by Crippen LogP contribution is 2.44. The fourth-order valence-corrected chi connectivity index (χ4v) is 5.34. The molecule has 0 radical (unpaired) electrons. The summed E-state index contributed by atoms with van der Waals surface area (Å²) in [4.78, 5) is 11.5. The van der Waals surface area contributed by atoms with Gasteiger partial charge in [-0.1, -0.05) is 42.5 Å². The normalized spacial score (nSPS) is 13.6. The lowest BCUT2D eigenvalue weighted by Crippen LogP contribution is -2.11. The average molecular weight is 417 g/mol. The zero-order valence-electron chi connectivity index (χ0n) is 16.1. The minimum atomic E-state index is -3.83. The Kier molecular flexibility index (Phi) is 5.15. The highest BCUT2D eigenvalue weighted by molar-refractivity contribution is 7.90. The van der Waals surface area contributed by atoms with E-state index in [2.05, 4.69) is 6.07 Å². The summed E-state index contributed by atoms with van der Waals surface area (Å²) >= 11 is 0. The third kappa shape index (κ3) is 3.98. The van der Waals surface area contributed by atoms with Gasteiger partial charge in [0.2, 0.25) is 0 Å². The lowest BCUT2D eigenvalue weighted by atomic mass is 9.99. The van der Waals surface area contributed by atoms with Crippen molar-refractivity contribution in [3.8, 4) is 17.2 Å². The Bertz CT molecular complexity index is 1270. The van der Waals surface area contributed by atoms with Gasteiger partial charge in [0, 0.05) is 0 Å². The van der Waals surface area contributed by atoms with Crippen LogP contribution in [0.2, 0.25) is 0 Å². The van der Waals surface area contributed by atoms with E-state index in [4.69, 9.17) is 0 Å². The van der Waals surface area contributed by atoms with Gasteiger partial charge in [0.1, 0.15) is 0 Å². The molecule has 0 bridgehead atoms. The van der Waals surface area contributed by atoms with Crippen molar-refractivity contribution in [2.75, 3.05) is 0 Å². The minimum absolute atomic E-state index is 0.0490. The maximum absolute atomic E-state index is 13.4. The van der Waals surface area contributed by atoms with Gasteiger partial charge < -0.3 is 5.11 Å². The van der Waals surface area contributed by atoms with Crippen LogP contribution in [0.3, 0.4) is 0 Å². The summed E-state index contributed by atoms with van der Waals surface area (Å²) in [5.74, 6) is -1.32. The van der Waals surface area contributed by atoms with Crippen LogP contribution >= 0.6 is 0 Å². The van der Waals surface area contributed by atoms with E-state index >= 15 is 0 Å². The van der Waals surface area contributed by atoms with Crippen molar-refractivity contribution in [1.82, 2.24) is 0 Å². The van der Waals surface area contributed by atoms with Crippen LogP contribution in [0, 0.1) is 11.3 Å². The first-order valence-electron chi connectivity index (χ1n) is 9.57. The zero-order chi connectivity index (χ0) is 21.3. The van der Waals surface area contributed by atoms with Gasteiger partial charge in [0.25, 0.3) is 0 Å². The quantitative estimate of drug-likeness (QED) is 0.623. The molecule has 0 spiro atoms. The van der Waals surface area contributed by atoms with E-state index in [0.717, 1.165) is 24.0 Å². The van der Waals surface area contributed by atoms with Gasteiger partial charge in [-0.3, -0.25) is 0 Å². The standard InChI is InChI=1S/C24H19NO4S/c25-14-16-6-10-21(17-4-2-1-3-5-17)20(12-16)15-30(28,29)23-13-19(24(26)27)9-11-22(23)18-7-8-18/h1-6,9-13,18H,7-8,15H2,(H,26,27). The first-order chi connectivity index (χ1) is 14.4. The summed E-state index contributed by atoms with van der Waals surface area (Å²) in [5.41, 5.74) is 3.11. The molecule has 0 saturated heterocycles. The molecule has 3 aromatic rings. The van der Waals surface area contributed by atoms with E-state index in [1.807, 2.05) is 30.3 Å². The molecule has 30 heavy (non-hydrogen) atoms. The molecule has 6 heteroatoms. The molecule has 4 rings (SSSR count). The molecule has 0 heterocycles. The molecular formula is C24H19NO4S. The zero-order valence-corrected chi connectivity index (χ0v) is 16.9. The van der Waals surface area contributed by atoms with Crippen molar-refractivity contribution in [3.05, 3.63) is 89.0 Å². The second kappa shape index (κ2) is 7.77. The summed E-state index contributed by atoms with van der Waals surface area (Å²) in [7, 11) is -3.83. The van der Waals surface area contributed by atoms with E-state index in [1.165, 1.54) is 12.1 Å². The Labute approximate surface area is 175 Å². The van der Waals surface area contributed by atoms with Gasteiger partial charge in [-0.05, 0) is 65.3 Å². The number of hydrogen-bond donors (Lipinski definition) is 1. The fraction of sp³-hybridized carbons (Fsp3) is 0.167. The van der Waals surface area contributed by atoms with Gasteiger partial charge in [0.15, 0.2) is 9.84 Å². The number of aromatic carboxylic acids is 1. The second-order valence-electron chi connectivity index (χ2n) is 7.44. The summed E-state index contributed by atoms with van der Waals surface area (Å²) in [5, 5.41) is 18.6. The van der Waals surface area contributed by atoms with E-state index in [1.54, 1.807) is 24.3 Å². The summed E-state index contributed by atoms with van der Waals surface area (Å²) in [6.45, 7) is 0. The average Bonchev–Trinajstić information content (AvgIpc) is 3.59. The molecule has 3 aromatic carbocycles. The maximum atomic E-state index is 13.4. The second-order valence-corrected chi connectivity index (χ2v) is 9.40. The first kappa shape index (κ1) is 19.9. The summed E-state index contributed by atoms with van der Waals surface area (Å²) in [6.07, 6.45) is 1.79. The molecule has 0 unspecified atom stereocenters. The summed E-state index contributed by atoms with van der Waals surface area (Å²) < 4.78 is 26.9. The van der Waals surface area contributed by atoms with Gasteiger partial charge in [-0.25, -0.2) is 13.2 Å². The summed E-state index contributed by atoms with van der Waals surface area (Å²) in [6, 6.07) is 20.8. The molecule has 1 fully saturated rings. The van der Waals surface area contributed by atoms with Crippen LogP contribution in [-0.2, 0) is 15.6 Å². The number of carboxylic acid groups (broad SMARTS) is 1. The fourth-order valence-electron chi connectivity index (χ4n) is 3.63. The van der Waals surface area contributed by atoms with E-state index in [9.17, 15) is 23.6 Å². The smallest absolute Gasteiger partial charge is 0.335 e. The van der Waals surface area contributed by atoms with Crippen LogP contribution in [0.4, 0.5) is 0 Å². The third-order valence-electron chi connectivity index (χ3n) is 5.28. The number of hydrogen-bond acceptors (Lipinski definition) is 4. The van der Waals surface area contributed by atoms with E-state index < -0.39 is 15.8 Å². The molecule has 0 atom stereocenters. The van der Waals surface area contributed by atoms with Crippen LogP contribution in [-0.4, -0.2) is 19.5 Å². The molecule has 0 aliphatic heterocycles. The van der Waals surface area contributed by atoms with Crippen LogP contribution < -0.4 is 0 Å². The lowest BCUT2D eigenvalue weighted by Gasteiger charge is -2.14. The number of carbonyl (C=O) groups is 1. The highest BCUT2D eigenvalue weighted by atomic mass is 32.2. The number of nitrogens with zero attached hydrogens (tertiary/aromatic N) is 1. The van der Waals surface area contributed by atoms with Crippen molar-refractivity contribution in [2.45, 2.75) is 29.4 Å².